The summed E-state index contributed by atoms with van der Waals surface area (Å²) in [5.41, 5.74) is 6.26. The molecule has 0 aliphatic rings. The van der Waals surface area contributed by atoms with Crippen LogP contribution in [0.25, 0.3) is 0 Å². The second-order valence-electron chi connectivity index (χ2n) is 2.79. The molecule has 2 aromatic heterocycles. The topological polar surface area (TPSA) is 110 Å². The van der Waals surface area contributed by atoms with Crippen molar-refractivity contribution in [2.45, 2.75) is 6.54 Å². The van der Waals surface area contributed by atoms with Crippen molar-refractivity contribution in [2.75, 3.05) is 11.1 Å². The average molecular weight is 194 g/mol. The molecule has 0 fully saturated rings. The summed E-state index contributed by atoms with van der Waals surface area (Å²) < 4.78 is 1.63. The van der Waals surface area contributed by atoms with Crippen LogP contribution in [-0.4, -0.2) is 30.4 Å². The summed E-state index contributed by atoms with van der Waals surface area (Å²) in [4.78, 5) is 0. The van der Waals surface area contributed by atoms with Gasteiger partial charge in [0.15, 0.2) is 11.6 Å². The van der Waals surface area contributed by atoms with E-state index < -0.39 is 0 Å². The molecule has 0 saturated heterocycles. The van der Waals surface area contributed by atoms with Crippen LogP contribution in [0.3, 0.4) is 0 Å². The molecule has 14 heavy (non-hydrogen) atoms. The Morgan fingerprint density at radius 3 is 3.07 bits per heavy atom. The smallest absolute Gasteiger partial charge is 0.193 e. The van der Waals surface area contributed by atoms with Gasteiger partial charge < -0.3 is 11.1 Å². The molecule has 0 aromatic carbocycles. The molecule has 0 unspecified atom stereocenters. The molecule has 0 atom stereocenters. The highest BCUT2D eigenvalue weighted by Crippen LogP contribution is 2.14. The van der Waals surface area contributed by atoms with Crippen LogP contribution in [0, 0.1) is 0 Å². The highest BCUT2D eigenvalue weighted by Gasteiger charge is 2.04. The Hall–Kier alpha value is -2.12. The first-order valence-electron chi connectivity index (χ1n) is 4.01. The molecule has 8 nitrogen and oxygen atoms in total. The van der Waals surface area contributed by atoms with Gasteiger partial charge in [-0.2, -0.15) is 10.3 Å². The fourth-order valence-electron chi connectivity index (χ4n) is 1.06. The van der Waals surface area contributed by atoms with Gasteiger partial charge in [-0.3, -0.25) is 4.68 Å². The zero-order valence-electron chi connectivity index (χ0n) is 7.60. The zero-order valence-corrected chi connectivity index (χ0v) is 7.60. The lowest BCUT2D eigenvalue weighted by Crippen LogP contribution is -2.04. The second-order valence-corrected chi connectivity index (χ2v) is 2.79. The molecule has 0 aliphatic carbocycles. The van der Waals surface area contributed by atoms with Crippen LogP contribution < -0.4 is 11.1 Å². The molecule has 0 radical (unpaired) electrons. The lowest BCUT2D eigenvalue weighted by Gasteiger charge is -1.98. The quantitative estimate of drug-likeness (QED) is 0.585. The Morgan fingerprint density at radius 2 is 2.50 bits per heavy atom. The molecule has 0 amide bonds. The highest BCUT2D eigenvalue weighted by molar-refractivity contribution is 5.59. The maximum atomic E-state index is 5.67. The van der Waals surface area contributed by atoms with Crippen LogP contribution >= 0.6 is 0 Å². The fourth-order valence-corrected chi connectivity index (χ4v) is 1.06. The minimum atomic E-state index is 0.442. The normalized spacial score (nSPS) is 10.4. The van der Waals surface area contributed by atoms with E-state index in [2.05, 4.69) is 31.0 Å². The van der Waals surface area contributed by atoms with Gasteiger partial charge >= 0.3 is 0 Å². The van der Waals surface area contributed by atoms with Gasteiger partial charge in [-0.1, -0.05) is 5.21 Å². The van der Waals surface area contributed by atoms with Gasteiger partial charge in [-0.15, -0.1) is 10.2 Å². The number of tetrazole rings is 1. The Balaban J connectivity index is 2.01. The summed E-state index contributed by atoms with van der Waals surface area (Å²) in [7, 11) is 1.80. The third kappa shape index (κ3) is 1.63. The van der Waals surface area contributed by atoms with Crippen molar-refractivity contribution in [1.29, 1.82) is 0 Å². The number of aromatic amines is 1. The first-order chi connectivity index (χ1) is 6.75. The molecule has 2 heterocycles. The number of aromatic nitrogens is 6. The van der Waals surface area contributed by atoms with E-state index in [1.54, 1.807) is 17.9 Å². The molecule has 8 heteroatoms. The highest BCUT2D eigenvalue weighted by atomic mass is 15.5. The SMILES string of the molecule is Cn1cc(N)c(NCc2nn[nH]n2)n1. The summed E-state index contributed by atoms with van der Waals surface area (Å²) in [5, 5.41) is 20.5. The molecule has 4 N–H and O–H groups in total. The van der Waals surface area contributed by atoms with Gasteiger partial charge in [-0.05, 0) is 0 Å². The maximum Gasteiger partial charge on any atom is 0.193 e. The Labute approximate surface area is 79.5 Å². The Bertz CT molecular complexity index is 401. The van der Waals surface area contributed by atoms with E-state index >= 15 is 0 Å². The monoisotopic (exact) mass is 194 g/mol. The van der Waals surface area contributed by atoms with Crippen molar-refractivity contribution in [1.82, 2.24) is 30.4 Å². The third-order valence-corrected chi connectivity index (χ3v) is 1.66. The van der Waals surface area contributed by atoms with Crippen LogP contribution in [-0.2, 0) is 13.6 Å². The second kappa shape index (κ2) is 3.32. The number of aryl methyl sites for hydroxylation is 1. The van der Waals surface area contributed by atoms with Crippen molar-refractivity contribution in [3.05, 3.63) is 12.0 Å². The number of anilines is 2. The summed E-state index contributed by atoms with van der Waals surface area (Å²) in [6, 6.07) is 0. The van der Waals surface area contributed by atoms with E-state index in [0.717, 1.165) is 0 Å². The molecule has 0 aliphatic heterocycles. The lowest BCUT2D eigenvalue weighted by molar-refractivity contribution is 0.767. The summed E-state index contributed by atoms with van der Waals surface area (Å²) >= 11 is 0. The first kappa shape index (κ1) is 8.48. The number of nitrogens with zero attached hydrogens (tertiary/aromatic N) is 5. The Morgan fingerprint density at radius 1 is 1.64 bits per heavy atom. The van der Waals surface area contributed by atoms with Crippen molar-refractivity contribution < 1.29 is 0 Å². The molecule has 0 spiro atoms. The number of hydrogen-bond donors (Lipinski definition) is 3. The molecule has 0 bridgehead atoms. The van der Waals surface area contributed by atoms with Crippen molar-refractivity contribution in [3.63, 3.8) is 0 Å². The van der Waals surface area contributed by atoms with Crippen molar-refractivity contribution >= 4 is 11.5 Å². The van der Waals surface area contributed by atoms with Gasteiger partial charge in [0.25, 0.3) is 0 Å². The van der Waals surface area contributed by atoms with Gasteiger partial charge in [-0.25, -0.2) is 0 Å². The van der Waals surface area contributed by atoms with Crippen LogP contribution in [0.1, 0.15) is 5.82 Å². The van der Waals surface area contributed by atoms with Crippen molar-refractivity contribution in [2.24, 2.45) is 7.05 Å². The number of nitrogens with two attached hydrogens (primary N) is 1. The van der Waals surface area contributed by atoms with E-state index in [4.69, 9.17) is 5.73 Å². The summed E-state index contributed by atoms with van der Waals surface area (Å²) in [5.74, 6) is 1.19. The standard InChI is InChI=1S/C6H10N8/c1-14-3-4(7)6(11-14)8-2-5-9-12-13-10-5/h3H,2,7H2,1H3,(H,8,11)(H,9,10,12,13). The van der Waals surface area contributed by atoms with Crippen LogP contribution in [0.15, 0.2) is 6.20 Å². The number of H-pyrrole nitrogens is 1. The minimum Gasteiger partial charge on any atom is -0.394 e. The van der Waals surface area contributed by atoms with E-state index in [1.807, 2.05) is 0 Å². The van der Waals surface area contributed by atoms with E-state index in [0.29, 0.717) is 23.9 Å². The van der Waals surface area contributed by atoms with E-state index in [9.17, 15) is 0 Å². The molecular weight excluding hydrogens is 184 g/mol. The molecule has 74 valence electrons. The molecule has 0 saturated carbocycles. The van der Waals surface area contributed by atoms with E-state index in [1.165, 1.54) is 0 Å². The number of nitrogen functional groups attached to an aromatic ring is 1. The molecular formula is C6H10N8. The lowest BCUT2D eigenvalue weighted by atomic mass is 10.5. The summed E-state index contributed by atoms with van der Waals surface area (Å²) in [6.07, 6.45) is 1.72. The van der Waals surface area contributed by atoms with Crippen molar-refractivity contribution in [3.8, 4) is 0 Å². The predicted octanol–water partition coefficient (Wildman–Crippen LogP) is -0.873. The largest absolute Gasteiger partial charge is 0.394 e. The first-order valence-corrected chi connectivity index (χ1v) is 4.01. The van der Waals surface area contributed by atoms with E-state index in [-0.39, 0.29) is 0 Å². The molecule has 2 rings (SSSR count). The van der Waals surface area contributed by atoms with Crippen LogP contribution in [0.2, 0.25) is 0 Å². The maximum absolute atomic E-state index is 5.67. The minimum absolute atomic E-state index is 0.442. The number of hydrogen-bond acceptors (Lipinski definition) is 6. The van der Waals surface area contributed by atoms with Gasteiger partial charge in [0.05, 0.1) is 12.2 Å². The number of nitrogens with one attached hydrogen (secondary N) is 2. The Kier molecular flexibility index (Phi) is 2.01. The number of rotatable bonds is 3. The van der Waals surface area contributed by atoms with Gasteiger partial charge in [0, 0.05) is 13.2 Å². The fraction of sp³-hybridized carbons (Fsp3) is 0.333. The predicted molar refractivity (Wildman–Crippen MR) is 49.1 cm³/mol. The third-order valence-electron chi connectivity index (χ3n) is 1.66. The van der Waals surface area contributed by atoms with Gasteiger partial charge in [0.2, 0.25) is 0 Å². The van der Waals surface area contributed by atoms with Gasteiger partial charge in [0.1, 0.15) is 0 Å². The molecule has 2 aromatic rings. The summed E-state index contributed by atoms with van der Waals surface area (Å²) in [6.45, 7) is 0.442. The average Bonchev–Trinajstić information content (AvgIpc) is 2.72. The zero-order chi connectivity index (χ0) is 9.97. The van der Waals surface area contributed by atoms with Crippen LogP contribution in [0.4, 0.5) is 11.5 Å². The van der Waals surface area contributed by atoms with Crippen LogP contribution in [0.5, 0.6) is 0 Å².